The van der Waals surface area contributed by atoms with Crippen molar-refractivity contribution in [2.75, 3.05) is 6.61 Å². The van der Waals surface area contributed by atoms with Crippen LogP contribution in [0.1, 0.15) is 10.4 Å². The molecule has 0 fully saturated rings. The molecule has 0 unspecified atom stereocenters. The van der Waals surface area contributed by atoms with Crippen molar-refractivity contribution in [1.82, 2.24) is 0 Å². The number of phenolic OH excluding ortho intramolecular Hbond substituents is 1. The lowest BCUT2D eigenvalue weighted by Gasteiger charge is -2.05. The Hall–Kier alpha value is -1.84. The average molecular weight is 180 g/mol. The SMILES string of the molecule is O=CCOc1cccc(O)c1C=O. The molecular formula is C9H8O4. The van der Waals surface area contributed by atoms with E-state index in [2.05, 4.69) is 0 Å². The molecule has 1 N–H and O–H groups in total. The molecule has 0 amide bonds. The molecule has 0 aromatic heterocycles. The average Bonchev–Trinajstić information content (AvgIpc) is 2.15. The summed E-state index contributed by atoms with van der Waals surface area (Å²) in [5.74, 6) is 0.0560. The predicted octanol–water partition coefficient (Wildman–Crippen LogP) is 0.782. The van der Waals surface area contributed by atoms with Crippen molar-refractivity contribution in [2.24, 2.45) is 0 Å². The first-order valence-corrected chi connectivity index (χ1v) is 3.63. The van der Waals surface area contributed by atoms with Gasteiger partial charge < -0.3 is 9.84 Å². The number of hydrogen-bond donors (Lipinski definition) is 1. The summed E-state index contributed by atoms with van der Waals surface area (Å²) in [6, 6.07) is 4.41. The molecule has 0 aliphatic rings. The molecule has 68 valence electrons. The zero-order valence-corrected chi connectivity index (χ0v) is 6.77. The van der Waals surface area contributed by atoms with Gasteiger partial charge in [0.05, 0.1) is 5.56 Å². The highest BCUT2D eigenvalue weighted by molar-refractivity contribution is 5.83. The summed E-state index contributed by atoms with van der Waals surface area (Å²) in [7, 11) is 0. The summed E-state index contributed by atoms with van der Waals surface area (Å²) in [5, 5.41) is 9.19. The predicted molar refractivity (Wildman–Crippen MR) is 45.1 cm³/mol. The van der Waals surface area contributed by atoms with Crippen LogP contribution in [0, 0.1) is 0 Å². The second kappa shape index (κ2) is 4.25. The van der Waals surface area contributed by atoms with Gasteiger partial charge in [-0.2, -0.15) is 0 Å². The Balaban J connectivity index is 2.97. The molecule has 0 atom stereocenters. The highest BCUT2D eigenvalue weighted by Crippen LogP contribution is 2.24. The number of hydrogen-bond acceptors (Lipinski definition) is 4. The van der Waals surface area contributed by atoms with Crippen LogP contribution < -0.4 is 4.74 Å². The van der Waals surface area contributed by atoms with Gasteiger partial charge in [-0.3, -0.25) is 9.59 Å². The molecule has 1 rings (SSSR count). The van der Waals surface area contributed by atoms with E-state index >= 15 is 0 Å². The fourth-order valence-electron chi connectivity index (χ4n) is 0.901. The number of benzene rings is 1. The van der Waals surface area contributed by atoms with Crippen molar-refractivity contribution in [3.05, 3.63) is 23.8 Å². The van der Waals surface area contributed by atoms with E-state index in [0.29, 0.717) is 12.6 Å². The Morgan fingerprint density at radius 1 is 1.38 bits per heavy atom. The van der Waals surface area contributed by atoms with Gasteiger partial charge in [0.2, 0.25) is 0 Å². The maximum absolute atomic E-state index is 10.5. The summed E-state index contributed by atoms with van der Waals surface area (Å²) in [6.45, 7) is -0.135. The van der Waals surface area contributed by atoms with E-state index < -0.39 is 0 Å². The first-order valence-electron chi connectivity index (χ1n) is 3.63. The number of carbonyl (C=O) groups is 2. The van der Waals surface area contributed by atoms with E-state index in [1.54, 1.807) is 0 Å². The number of phenols is 1. The Morgan fingerprint density at radius 2 is 2.15 bits per heavy atom. The van der Waals surface area contributed by atoms with Crippen molar-refractivity contribution in [3.8, 4) is 11.5 Å². The van der Waals surface area contributed by atoms with Crippen LogP contribution in [0.25, 0.3) is 0 Å². The number of aldehydes is 2. The zero-order valence-electron chi connectivity index (χ0n) is 6.77. The van der Waals surface area contributed by atoms with Crippen LogP contribution in [-0.2, 0) is 4.79 Å². The lowest BCUT2D eigenvalue weighted by molar-refractivity contribution is -0.109. The fourth-order valence-corrected chi connectivity index (χ4v) is 0.901. The summed E-state index contributed by atoms with van der Waals surface area (Å²) >= 11 is 0. The van der Waals surface area contributed by atoms with E-state index in [1.807, 2.05) is 0 Å². The largest absolute Gasteiger partial charge is 0.507 e. The monoisotopic (exact) mass is 180 g/mol. The highest BCUT2D eigenvalue weighted by atomic mass is 16.5. The van der Waals surface area contributed by atoms with Gasteiger partial charge in [0.1, 0.15) is 18.1 Å². The molecule has 0 spiro atoms. The Morgan fingerprint density at radius 3 is 2.77 bits per heavy atom. The molecule has 1 aromatic carbocycles. The maximum Gasteiger partial charge on any atom is 0.157 e. The van der Waals surface area contributed by atoms with Crippen LogP contribution in [0.3, 0.4) is 0 Å². The Labute approximate surface area is 74.8 Å². The van der Waals surface area contributed by atoms with Gasteiger partial charge in [-0.25, -0.2) is 0 Å². The number of rotatable bonds is 4. The van der Waals surface area contributed by atoms with Gasteiger partial charge >= 0.3 is 0 Å². The van der Waals surface area contributed by atoms with Crippen molar-refractivity contribution < 1.29 is 19.4 Å². The standard InChI is InChI=1S/C9H8O4/c10-4-5-13-9-3-1-2-8(12)7(9)6-11/h1-4,6,12H,5H2. The third kappa shape index (κ3) is 2.05. The molecule has 0 saturated heterocycles. The molecule has 0 radical (unpaired) electrons. The number of carbonyl (C=O) groups excluding carboxylic acids is 2. The molecule has 1 aromatic rings. The molecule has 0 aliphatic carbocycles. The molecule has 0 heterocycles. The van der Waals surface area contributed by atoms with Gasteiger partial charge in [-0.15, -0.1) is 0 Å². The lowest BCUT2D eigenvalue weighted by Crippen LogP contribution is -2.00. The minimum atomic E-state index is -0.154. The van der Waals surface area contributed by atoms with Crippen molar-refractivity contribution in [3.63, 3.8) is 0 Å². The quantitative estimate of drug-likeness (QED) is 0.695. The van der Waals surface area contributed by atoms with Crippen LogP contribution in [0.5, 0.6) is 11.5 Å². The number of ether oxygens (including phenoxy) is 1. The van der Waals surface area contributed by atoms with Crippen LogP contribution in [0.15, 0.2) is 18.2 Å². The van der Waals surface area contributed by atoms with E-state index in [9.17, 15) is 14.7 Å². The van der Waals surface area contributed by atoms with Crippen molar-refractivity contribution >= 4 is 12.6 Å². The second-order valence-electron chi connectivity index (χ2n) is 2.28. The number of aromatic hydroxyl groups is 1. The minimum absolute atomic E-state index is 0.0596. The fraction of sp³-hybridized carbons (Fsp3) is 0.111. The third-order valence-electron chi connectivity index (χ3n) is 1.47. The third-order valence-corrected chi connectivity index (χ3v) is 1.47. The van der Waals surface area contributed by atoms with Gasteiger partial charge in [0.15, 0.2) is 12.6 Å². The van der Waals surface area contributed by atoms with Crippen molar-refractivity contribution in [1.29, 1.82) is 0 Å². The summed E-state index contributed by atoms with van der Waals surface area (Å²) in [5.41, 5.74) is 0.0596. The van der Waals surface area contributed by atoms with Gasteiger partial charge in [-0.05, 0) is 12.1 Å². The zero-order chi connectivity index (χ0) is 9.68. The van der Waals surface area contributed by atoms with Crippen LogP contribution in [0.2, 0.25) is 0 Å². The van der Waals surface area contributed by atoms with E-state index in [1.165, 1.54) is 18.2 Å². The smallest absolute Gasteiger partial charge is 0.157 e. The van der Waals surface area contributed by atoms with Crippen LogP contribution in [0.4, 0.5) is 0 Å². The first-order chi connectivity index (χ1) is 6.29. The van der Waals surface area contributed by atoms with Crippen LogP contribution in [-0.4, -0.2) is 24.3 Å². The summed E-state index contributed by atoms with van der Waals surface area (Å²) in [6.07, 6.45) is 1.05. The summed E-state index contributed by atoms with van der Waals surface area (Å²) in [4.78, 5) is 20.5. The van der Waals surface area contributed by atoms with Gasteiger partial charge in [0.25, 0.3) is 0 Å². The van der Waals surface area contributed by atoms with E-state index in [4.69, 9.17) is 4.74 Å². The van der Waals surface area contributed by atoms with Gasteiger partial charge in [-0.1, -0.05) is 6.07 Å². The summed E-state index contributed by atoms with van der Waals surface area (Å²) < 4.78 is 4.90. The van der Waals surface area contributed by atoms with Crippen LogP contribution >= 0.6 is 0 Å². The Bertz CT molecular complexity index is 319. The molecule has 0 saturated carbocycles. The molecule has 4 heteroatoms. The lowest BCUT2D eigenvalue weighted by atomic mass is 10.2. The molecule has 0 aliphatic heterocycles. The maximum atomic E-state index is 10.5. The van der Waals surface area contributed by atoms with E-state index in [0.717, 1.165) is 0 Å². The molecule has 4 nitrogen and oxygen atoms in total. The molecule has 0 bridgehead atoms. The van der Waals surface area contributed by atoms with E-state index in [-0.39, 0.29) is 23.7 Å². The topological polar surface area (TPSA) is 63.6 Å². The van der Waals surface area contributed by atoms with Crippen molar-refractivity contribution in [2.45, 2.75) is 0 Å². The normalized spacial score (nSPS) is 9.23. The molecule has 13 heavy (non-hydrogen) atoms. The van der Waals surface area contributed by atoms with Gasteiger partial charge in [0, 0.05) is 0 Å². The highest BCUT2D eigenvalue weighted by Gasteiger charge is 2.06. The Kier molecular flexibility index (Phi) is 3.03. The molecular weight excluding hydrogens is 172 g/mol. The second-order valence-corrected chi connectivity index (χ2v) is 2.28. The first kappa shape index (κ1) is 9.25. The minimum Gasteiger partial charge on any atom is -0.507 e.